The van der Waals surface area contributed by atoms with Crippen molar-refractivity contribution in [3.63, 3.8) is 0 Å². The molecule has 0 fully saturated rings. The number of rotatable bonds is 19. The first-order valence-corrected chi connectivity index (χ1v) is 24.2. The van der Waals surface area contributed by atoms with Gasteiger partial charge in [-0.15, -0.1) is 0 Å². The lowest BCUT2D eigenvalue weighted by Gasteiger charge is -2.22. The Bertz CT molecular complexity index is 2790. The van der Waals surface area contributed by atoms with Crippen molar-refractivity contribution in [3.8, 4) is 5.75 Å². The number of aryl methyl sites for hydroxylation is 2. The van der Waals surface area contributed by atoms with Gasteiger partial charge in [0.1, 0.15) is 44.3 Å². The van der Waals surface area contributed by atoms with Crippen LogP contribution in [-0.2, 0) is 67.8 Å². The van der Waals surface area contributed by atoms with Crippen LogP contribution < -0.4 is 31.9 Å². The van der Waals surface area contributed by atoms with Crippen LogP contribution >= 0.6 is 0 Å². The molecule has 19 heteroatoms. The minimum absolute atomic E-state index is 0.000499. The van der Waals surface area contributed by atoms with E-state index in [-0.39, 0.29) is 57.5 Å². The summed E-state index contributed by atoms with van der Waals surface area (Å²) in [4.78, 5) is 90.4. The molecule has 19 nitrogen and oxygen atoms in total. The van der Waals surface area contributed by atoms with E-state index in [1.807, 2.05) is 54.6 Å². The molecule has 0 aliphatic rings. The molecule has 3 atom stereocenters. The molecule has 6 amide bonds. The second-order valence-electron chi connectivity index (χ2n) is 17.3. The van der Waals surface area contributed by atoms with Crippen LogP contribution in [0.2, 0.25) is 0 Å². The first-order chi connectivity index (χ1) is 36.8. The second-order valence-corrected chi connectivity index (χ2v) is 17.3. The lowest BCUT2D eigenvalue weighted by atomic mass is 9.95. The predicted octanol–water partition coefficient (Wildman–Crippen LogP) is 7.57. The van der Waals surface area contributed by atoms with E-state index in [4.69, 9.17) is 18.9 Å². The zero-order chi connectivity index (χ0) is 54.1. The van der Waals surface area contributed by atoms with Crippen molar-refractivity contribution >= 4 is 48.1 Å². The molecule has 0 saturated carbocycles. The van der Waals surface area contributed by atoms with Crippen LogP contribution in [0.25, 0.3) is 0 Å². The number of aromatic hydroxyl groups is 1. The summed E-state index contributed by atoms with van der Waals surface area (Å²) in [5.74, 6) is -2.25. The Kier molecular flexibility index (Phi) is 21.5. The van der Waals surface area contributed by atoms with Crippen molar-refractivity contribution < 1.29 is 52.8 Å². The zero-order valence-electron chi connectivity index (χ0n) is 42.2. The van der Waals surface area contributed by atoms with Crippen molar-refractivity contribution in [2.24, 2.45) is 9.98 Å². The largest absolute Gasteiger partial charge is 0.508 e. The standard InChI is InChI=1S/C57H60N8O11/c1-38-29-47(66)30-39(2)48(38)32-49(61-53(64-56(71)75-36-44-25-15-7-16-26-44)65-57(72)76-37-45-27-17-8-18-28-45)51(68)59-40(3)50(67)58-33-46(31-41-19-9-4-10-20-41)60-52(62-54(69)73-34-42-21-11-5-12-22-42)63-55(70)74-35-43-23-13-6-14-24-43/h4-30,40,46,49,66H,31-37H2,1-3H3,(H,58,67)(H,59,68)(H2,60,62,63,69,70)(H2,61,64,65,71,72). The van der Waals surface area contributed by atoms with E-state index in [1.54, 1.807) is 111 Å². The molecule has 7 N–H and O–H groups in total. The number of benzene rings is 6. The molecule has 394 valence electrons. The van der Waals surface area contributed by atoms with Gasteiger partial charge in [0.15, 0.2) is 0 Å². The van der Waals surface area contributed by atoms with Crippen LogP contribution in [0.5, 0.6) is 5.75 Å². The number of phenols is 1. The van der Waals surface area contributed by atoms with Gasteiger partial charge in [0, 0.05) is 13.0 Å². The molecular formula is C57H60N8O11. The molecule has 0 spiro atoms. The minimum Gasteiger partial charge on any atom is -0.508 e. The normalized spacial score (nSPS) is 11.7. The molecule has 76 heavy (non-hydrogen) atoms. The second kappa shape index (κ2) is 29.2. The quantitative estimate of drug-likeness (QED) is 0.0237. The van der Waals surface area contributed by atoms with Gasteiger partial charge in [0.2, 0.25) is 23.7 Å². The Morgan fingerprint density at radius 2 is 0.816 bits per heavy atom. The van der Waals surface area contributed by atoms with Crippen molar-refractivity contribution in [2.45, 2.75) is 78.2 Å². The SMILES string of the molecule is Cc1cc(O)cc(C)c1CC(N=C(NC(=O)OCc1ccccc1)NC(=O)OCc1ccccc1)C(=O)NC(C)C(=O)NCC(Cc1ccccc1)N=C(NC(=O)OCc1ccccc1)NC(=O)OCc1ccccc1. The number of alkyl carbamates (subject to hydrolysis) is 4. The number of amides is 6. The molecule has 0 bridgehead atoms. The monoisotopic (exact) mass is 1030 g/mol. The van der Waals surface area contributed by atoms with Crippen LogP contribution in [0, 0.1) is 13.8 Å². The highest BCUT2D eigenvalue weighted by Gasteiger charge is 2.27. The third kappa shape index (κ3) is 19.5. The van der Waals surface area contributed by atoms with E-state index in [0.717, 1.165) is 5.56 Å². The van der Waals surface area contributed by atoms with Gasteiger partial charge in [-0.05, 0) is 83.8 Å². The molecule has 6 aromatic carbocycles. The molecule has 0 aliphatic carbocycles. The Hall–Kier alpha value is -9.52. The van der Waals surface area contributed by atoms with E-state index in [9.17, 15) is 33.9 Å². The number of nitrogens with one attached hydrogen (secondary N) is 6. The number of hydrogen-bond acceptors (Lipinski definition) is 13. The molecule has 6 rings (SSSR count). The van der Waals surface area contributed by atoms with Crippen molar-refractivity contribution in [1.82, 2.24) is 31.9 Å². The third-order valence-electron chi connectivity index (χ3n) is 11.3. The smallest absolute Gasteiger partial charge is 0.414 e. The molecular weight excluding hydrogens is 973 g/mol. The van der Waals surface area contributed by atoms with Crippen molar-refractivity contribution in [1.29, 1.82) is 0 Å². The van der Waals surface area contributed by atoms with Crippen LogP contribution in [0.3, 0.4) is 0 Å². The lowest BCUT2D eigenvalue weighted by molar-refractivity contribution is -0.129. The molecule has 0 aliphatic heterocycles. The van der Waals surface area contributed by atoms with E-state index in [2.05, 4.69) is 41.9 Å². The lowest BCUT2D eigenvalue weighted by Crippen LogP contribution is -2.51. The number of phenolic OH excluding ortho intramolecular Hbond substituents is 1. The van der Waals surface area contributed by atoms with E-state index in [0.29, 0.717) is 38.9 Å². The average molecular weight is 1030 g/mol. The molecule has 0 saturated heterocycles. The fourth-order valence-corrected chi connectivity index (χ4v) is 7.43. The van der Waals surface area contributed by atoms with Gasteiger partial charge in [0.05, 0.1) is 6.04 Å². The van der Waals surface area contributed by atoms with Gasteiger partial charge in [0.25, 0.3) is 0 Å². The van der Waals surface area contributed by atoms with Crippen molar-refractivity contribution in [3.05, 3.63) is 208 Å². The Balaban J connectivity index is 1.22. The maximum Gasteiger partial charge on any atom is 0.414 e. The fourth-order valence-electron chi connectivity index (χ4n) is 7.43. The summed E-state index contributed by atoms with van der Waals surface area (Å²) in [5, 5.41) is 25.7. The maximum absolute atomic E-state index is 14.4. The van der Waals surface area contributed by atoms with E-state index < -0.39 is 60.3 Å². The molecule has 0 radical (unpaired) electrons. The number of guanidine groups is 2. The molecule has 0 aromatic heterocycles. The van der Waals surface area contributed by atoms with E-state index >= 15 is 0 Å². The summed E-state index contributed by atoms with van der Waals surface area (Å²) in [6, 6.07) is 44.4. The van der Waals surface area contributed by atoms with Gasteiger partial charge in [-0.3, -0.25) is 30.9 Å². The number of aliphatic imine (C=N–C) groups is 2. The third-order valence-corrected chi connectivity index (χ3v) is 11.3. The van der Waals surface area contributed by atoms with Crippen LogP contribution in [0.1, 0.15) is 51.4 Å². The van der Waals surface area contributed by atoms with Gasteiger partial charge in [-0.1, -0.05) is 152 Å². The van der Waals surface area contributed by atoms with Crippen molar-refractivity contribution in [2.75, 3.05) is 6.54 Å². The minimum atomic E-state index is -1.42. The highest BCUT2D eigenvalue weighted by atomic mass is 16.6. The highest BCUT2D eigenvalue weighted by Crippen LogP contribution is 2.23. The molecule has 6 aromatic rings. The summed E-state index contributed by atoms with van der Waals surface area (Å²) in [7, 11) is 0. The number of nitrogens with zero attached hydrogens (tertiary/aromatic N) is 2. The number of carbonyl (C=O) groups excluding carboxylic acids is 6. The average Bonchev–Trinajstić information content (AvgIpc) is 3.42. The number of ether oxygens (including phenoxy) is 4. The Morgan fingerprint density at radius 3 is 1.18 bits per heavy atom. The zero-order valence-corrected chi connectivity index (χ0v) is 42.2. The van der Waals surface area contributed by atoms with Gasteiger partial charge >= 0.3 is 24.4 Å². The molecule has 0 heterocycles. The first-order valence-electron chi connectivity index (χ1n) is 24.2. The van der Waals surface area contributed by atoms with Gasteiger partial charge < -0.3 is 34.7 Å². The number of hydrogen-bond donors (Lipinski definition) is 7. The summed E-state index contributed by atoms with van der Waals surface area (Å²) in [6.07, 6.45) is -3.79. The Morgan fingerprint density at radius 1 is 0.474 bits per heavy atom. The summed E-state index contributed by atoms with van der Waals surface area (Å²) >= 11 is 0. The van der Waals surface area contributed by atoms with Crippen LogP contribution in [-0.4, -0.2) is 77.9 Å². The van der Waals surface area contributed by atoms with Gasteiger partial charge in [-0.25, -0.2) is 29.2 Å². The fraction of sp³-hybridized carbons (Fsp3) is 0.228. The van der Waals surface area contributed by atoms with E-state index in [1.165, 1.54) is 19.1 Å². The summed E-state index contributed by atoms with van der Waals surface area (Å²) < 4.78 is 21.7. The number of carbonyl (C=O) groups is 6. The summed E-state index contributed by atoms with van der Waals surface area (Å²) in [6.45, 7) is 4.33. The van der Waals surface area contributed by atoms with Crippen LogP contribution in [0.15, 0.2) is 174 Å². The van der Waals surface area contributed by atoms with Gasteiger partial charge in [-0.2, -0.15) is 0 Å². The maximum atomic E-state index is 14.4. The topological polar surface area (TPSA) is 256 Å². The van der Waals surface area contributed by atoms with Crippen LogP contribution in [0.4, 0.5) is 19.2 Å². The Labute approximate surface area is 440 Å². The predicted molar refractivity (Wildman–Crippen MR) is 284 cm³/mol. The summed E-state index contributed by atoms with van der Waals surface area (Å²) in [5.41, 5.74) is 5.44. The first kappa shape index (κ1) is 55.8. The molecule has 3 unspecified atom stereocenters. The highest BCUT2D eigenvalue weighted by molar-refractivity contribution is 6.03.